The van der Waals surface area contributed by atoms with Crippen LogP contribution in [0.15, 0.2) is 24.3 Å². The van der Waals surface area contributed by atoms with Gasteiger partial charge in [0, 0.05) is 5.02 Å². The molecule has 0 saturated carbocycles. The summed E-state index contributed by atoms with van der Waals surface area (Å²) in [6.07, 6.45) is 6.03. The van der Waals surface area contributed by atoms with Crippen molar-refractivity contribution in [2.75, 3.05) is 0 Å². The van der Waals surface area contributed by atoms with E-state index in [4.69, 9.17) is 11.6 Å². The van der Waals surface area contributed by atoms with Crippen LogP contribution in [0, 0.1) is 6.92 Å². The molecule has 1 heteroatoms. The van der Waals surface area contributed by atoms with Crippen LogP contribution in [0.4, 0.5) is 0 Å². The standard InChI is InChI=1S/C14H20Cl/c1-3-5-7-12(6-4-2)13-8-10-14(15)11-9-13/h8-12H,2-7H2,1H3. The van der Waals surface area contributed by atoms with E-state index in [1.165, 1.54) is 31.2 Å². The minimum atomic E-state index is 0.666. The summed E-state index contributed by atoms with van der Waals surface area (Å²) in [7, 11) is 0. The molecule has 15 heavy (non-hydrogen) atoms. The Bertz CT molecular complexity index is 263. The predicted octanol–water partition coefficient (Wildman–Crippen LogP) is 5.23. The van der Waals surface area contributed by atoms with Crippen LogP contribution in [0.1, 0.15) is 50.5 Å². The van der Waals surface area contributed by atoms with E-state index in [0.717, 1.165) is 11.4 Å². The number of hydrogen-bond acceptors (Lipinski definition) is 0. The third-order valence-corrected chi connectivity index (χ3v) is 3.05. The van der Waals surface area contributed by atoms with Crippen LogP contribution >= 0.6 is 11.6 Å². The van der Waals surface area contributed by atoms with Gasteiger partial charge in [0.05, 0.1) is 0 Å². The normalized spacial score (nSPS) is 12.7. The number of unbranched alkanes of at least 4 members (excludes halogenated alkanes) is 1. The first-order chi connectivity index (χ1) is 7.27. The summed E-state index contributed by atoms with van der Waals surface area (Å²) in [6, 6.07) is 8.27. The quantitative estimate of drug-likeness (QED) is 0.620. The van der Waals surface area contributed by atoms with Crippen molar-refractivity contribution in [3.8, 4) is 0 Å². The molecule has 0 aliphatic rings. The van der Waals surface area contributed by atoms with Crippen LogP contribution < -0.4 is 0 Å². The molecule has 0 N–H and O–H groups in total. The molecule has 0 fully saturated rings. The Balaban J connectivity index is 2.65. The molecule has 0 spiro atoms. The molecule has 0 amide bonds. The van der Waals surface area contributed by atoms with Crippen LogP contribution in [0.5, 0.6) is 0 Å². The maximum Gasteiger partial charge on any atom is 0.0406 e. The Morgan fingerprint density at radius 2 is 1.87 bits per heavy atom. The first kappa shape index (κ1) is 12.6. The third kappa shape index (κ3) is 4.25. The van der Waals surface area contributed by atoms with E-state index in [1.807, 2.05) is 12.1 Å². The molecular formula is C14H20Cl. The van der Waals surface area contributed by atoms with Crippen LogP contribution in [-0.2, 0) is 0 Å². The van der Waals surface area contributed by atoms with Crippen LogP contribution in [0.3, 0.4) is 0 Å². The molecule has 1 unspecified atom stereocenters. The molecule has 0 aromatic heterocycles. The smallest absolute Gasteiger partial charge is 0.0406 e. The van der Waals surface area contributed by atoms with Gasteiger partial charge in [0.25, 0.3) is 0 Å². The van der Waals surface area contributed by atoms with Gasteiger partial charge in [0.2, 0.25) is 0 Å². The average molecular weight is 224 g/mol. The Morgan fingerprint density at radius 1 is 1.20 bits per heavy atom. The van der Waals surface area contributed by atoms with Gasteiger partial charge < -0.3 is 0 Å². The average Bonchev–Trinajstić information content (AvgIpc) is 2.25. The predicted molar refractivity (Wildman–Crippen MR) is 68.3 cm³/mol. The molecule has 0 aliphatic carbocycles. The van der Waals surface area contributed by atoms with Crippen molar-refractivity contribution < 1.29 is 0 Å². The lowest BCUT2D eigenvalue weighted by Gasteiger charge is -2.16. The molecule has 0 bridgehead atoms. The second kappa shape index (κ2) is 6.90. The van der Waals surface area contributed by atoms with Crippen LogP contribution in [-0.4, -0.2) is 0 Å². The zero-order chi connectivity index (χ0) is 11.1. The number of hydrogen-bond donors (Lipinski definition) is 0. The minimum absolute atomic E-state index is 0.666. The fraction of sp³-hybridized carbons (Fsp3) is 0.500. The van der Waals surface area contributed by atoms with E-state index in [2.05, 4.69) is 26.0 Å². The summed E-state index contributed by atoms with van der Waals surface area (Å²) < 4.78 is 0. The monoisotopic (exact) mass is 223 g/mol. The summed E-state index contributed by atoms with van der Waals surface area (Å²) in [6.45, 7) is 6.19. The zero-order valence-corrected chi connectivity index (χ0v) is 10.3. The Morgan fingerprint density at radius 3 is 2.40 bits per heavy atom. The lowest BCUT2D eigenvalue weighted by molar-refractivity contribution is 0.551. The highest BCUT2D eigenvalue weighted by atomic mass is 35.5. The highest BCUT2D eigenvalue weighted by Crippen LogP contribution is 2.27. The number of benzene rings is 1. The second-order valence-electron chi connectivity index (χ2n) is 4.03. The molecule has 0 saturated heterocycles. The number of halogens is 1. The number of rotatable bonds is 6. The van der Waals surface area contributed by atoms with Gasteiger partial charge in [-0.2, -0.15) is 0 Å². The van der Waals surface area contributed by atoms with Gasteiger partial charge in [0.1, 0.15) is 0 Å². The Labute approximate surface area is 98.7 Å². The van der Waals surface area contributed by atoms with Crippen molar-refractivity contribution in [3.63, 3.8) is 0 Å². The molecule has 0 aliphatic heterocycles. The summed E-state index contributed by atoms with van der Waals surface area (Å²) >= 11 is 5.89. The second-order valence-corrected chi connectivity index (χ2v) is 4.47. The Kier molecular flexibility index (Phi) is 5.78. The maximum atomic E-state index is 5.89. The van der Waals surface area contributed by atoms with E-state index < -0.39 is 0 Å². The summed E-state index contributed by atoms with van der Waals surface area (Å²) in [5, 5.41) is 0.822. The topological polar surface area (TPSA) is 0 Å². The van der Waals surface area contributed by atoms with Gasteiger partial charge >= 0.3 is 0 Å². The lowest BCUT2D eigenvalue weighted by atomic mass is 9.90. The first-order valence-corrected chi connectivity index (χ1v) is 6.20. The minimum Gasteiger partial charge on any atom is -0.0843 e. The third-order valence-electron chi connectivity index (χ3n) is 2.80. The van der Waals surface area contributed by atoms with Gasteiger partial charge in [-0.25, -0.2) is 0 Å². The molecule has 0 nitrogen and oxygen atoms in total. The molecular weight excluding hydrogens is 204 g/mol. The van der Waals surface area contributed by atoms with Gasteiger partial charge in [-0.15, -0.1) is 0 Å². The largest absolute Gasteiger partial charge is 0.0843 e. The van der Waals surface area contributed by atoms with Gasteiger partial charge in [-0.3, -0.25) is 0 Å². The fourth-order valence-corrected chi connectivity index (χ4v) is 2.04. The molecule has 1 atom stereocenters. The van der Waals surface area contributed by atoms with Crippen molar-refractivity contribution in [3.05, 3.63) is 41.8 Å². The molecule has 1 aromatic rings. The van der Waals surface area contributed by atoms with E-state index in [-0.39, 0.29) is 0 Å². The van der Waals surface area contributed by atoms with Crippen molar-refractivity contribution >= 4 is 11.6 Å². The highest BCUT2D eigenvalue weighted by molar-refractivity contribution is 6.30. The van der Waals surface area contributed by atoms with Gasteiger partial charge in [-0.05, 0) is 36.5 Å². The molecule has 1 aromatic carbocycles. The zero-order valence-electron chi connectivity index (χ0n) is 9.51. The van der Waals surface area contributed by atoms with Crippen LogP contribution in [0.25, 0.3) is 0 Å². The summed E-state index contributed by atoms with van der Waals surface area (Å²) in [5.74, 6) is 0.666. The van der Waals surface area contributed by atoms with Gasteiger partial charge in [0.15, 0.2) is 0 Å². The summed E-state index contributed by atoms with van der Waals surface area (Å²) in [4.78, 5) is 0. The van der Waals surface area contributed by atoms with Crippen molar-refractivity contribution in [1.29, 1.82) is 0 Å². The van der Waals surface area contributed by atoms with E-state index in [1.54, 1.807) is 0 Å². The Hall–Kier alpha value is -0.490. The van der Waals surface area contributed by atoms with Crippen molar-refractivity contribution in [2.45, 2.75) is 44.9 Å². The molecule has 1 rings (SSSR count). The van der Waals surface area contributed by atoms with Crippen LogP contribution in [0.2, 0.25) is 5.02 Å². The fourth-order valence-electron chi connectivity index (χ4n) is 1.91. The van der Waals surface area contributed by atoms with Crippen molar-refractivity contribution in [1.82, 2.24) is 0 Å². The summed E-state index contributed by atoms with van der Waals surface area (Å²) in [5.41, 5.74) is 1.41. The van der Waals surface area contributed by atoms with Crippen molar-refractivity contribution in [2.24, 2.45) is 0 Å². The molecule has 83 valence electrons. The van der Waals surface area contributed by atoms with E-state index >= 15 is 0 Å². The first-order valence-electron chi connectivity index (χ1n) is 5.82. The molecule has 0 heterocycles. The maximum absolute atomic E-state index is 5.89. The van der Waals surface area contributed by atoms with Gasteiger partial charge in [-0.1, -0.05) is 56.8 Å². The molecule has 1 radical (unpaired) electrons. The SMILES string of the molecule is [CH2]CCC(CCCC)c1ccc(Cl)cc1. The van der Waals surface area contributed by atoms with E-state index in [9.17, 15) is 0 Å². The lowest BCUT2D eigenvalue weighted by Crippen LogP contribution is -1.98. The highest BCUT2D eigenvalue weighted by Gasteiger charge is 2.09. The van der Waals surface area contributed by atoms with E-state index in [0.29, 0.717) is 5.92 Å².